The zero-order valence-electron chi connectivity index (χ0n) is 11.5. The lowest BCUT2D eigenvalue weighted by Crippen LogP contribution is -2.36. The van der Waals surface area contributed by atoms with Crippen LogP contribution in [0.2, 0.25) is 0 Å². The lowest BCUT2D eigenvalue weighted by atomic mass is 9.96. The molecule has 1 aromatic carbocycles. The van der Waals surface area contributed by atoms with Gasteiger partial charge in [0.05, 0.1) is 5.69 Å². The summed E-state index contributed by atoms with van der Waals surface area (Å²) in [6.07, 6.45) is -2.71. The summed E-state index contributed by atoms with van der Waals surface area (Å²) in [5, 5.41) is 0. The van der Waals surface area contributed by atoms with Crippen molar-refractivity contribution in [1.29, 1.82) is 0 Å². The van der Waals surface area contributed by atoms with Crippen molar-refractivity contribution in [1.82, 2.24) is 0 Å². The van der Waals surface area contributed by atoms with Gasteiger partial charge in [0.2, 0.25) is 0 Å². The predicted octanol–water partition coefficient (Wildman–Crippen LogP) is 3.58. The van der Waals surface area contributed by atoms with E-state index in [0.717, 1.165) is 18.9 Å². The normalized spacial score (nSPS) is 16.3. The molecular weight excluding hydrogens is 300 g/mol. The third-order valence-corrected chi connectivity index (χ3v) is 3.60. The monoisotopic (exact) mass is 322 g/mol. The Morgan fingerprint density at radius 2 is 1.86 bits per heavy atom. The summed E-state index contributed by atoms with van der Waals surface area (Å²) in [7, 11) is 0. The smallest absolute Gasteiger partial charge is 0.422 e. The van der Waals surface area contributed by atoms with Gasteiger partial charge in [0.25, 0.3) is 0 Å². The zero-order valence-corrected chi connectivity index (χ0v) is 11.5. The number of hydrogen-bond donors (Lipinski definition) is 1. The zero-order chi connectivity index (χ0) is 15.5. The molecule has 0 amide bonds. The molecule has 1 aliphatic rings. The largest absolute Gasteiger partial charge is 0.482 e. The molecule has 1 saturated heterocycles. The molecule has 2 rings (SSSR count). The third-order valence-electron chi connectivity index (χ3n) is 3.60. The second kappa shape index (κ2) is 7.67. The number of halogens is 4. The maximum Gasteiger partial charge on any atom is 0.422 e. The average molecular weight is 322 g/mol. The molecule has 1 heterocycles. The molecule has 22 heavy (non-hydrogen) atoms. The van der Waals surface area contributed by atoms with Crippen LogP contribution in [0.5, 0.6) is 5.75 Å². The molecule has 1 aromatic rings. The molecule has 1 fully saturated rings. The highest BCUT2D eigenvalue weighted by Gasteiger charge is 2.29. The second-order valence-corrected chi connectivity index (χ2v) is 5.18. The van der Waals surface area contributed by atoms with Gasteiger partial charge < -0.3 is 15.4 Å². The van der Waals surface area contributed by atoms with Crippen LogP contribution in [-0.4, -0.2) is 32.4 Å². The molecule has 0 bridgehead atoms. The second-order valence-electron chi connectivity index (χ2n) is 5.18. The van der Waals surface area contributed by atoms with Crippen LogP contribution in [0, 0.1) is 11.7 Å². The fourth-order valence-corrected chi connectivity index (χ4v) is 2.43. The molecule has 0 radical (unpaired) electrons. The van der Waals surface area contributed by atoms with Crippen LogP contribution in [0.1, 0.15) is 20.3 Å². The molecule has 2 N–H and O–H groups in total. The predicted molar refractivity (Wildman–Crippen MR) is 78.7 cm³/mol. The summed E-state index contributed by atoms with van der Waals surface area (Å²) in [5.41, 5.74) is 6.11. The van der Waals surface area contributed by atoms with Gasteiger partial charge in [0.15, 0.2) is 6.61 Å². The van der Waals surface area contributed by atoms with Crippen molar-refractivity contribution < 1.29 is 22.3 Å². The Hall–Kier alpha value is -1.50. The summed E-state index contributed by atoms with van der Waals surface area (Å²) < 4.78 is 54.8. The van der Waals surface area contributed by atoms with E-state index < -0.39 is 18.6 Å². The first-order valence-corrected chi connectivity index (χ1v) is 6.83. The molecule has 126 valence electrons. The SMILES string of the molecule is C.NCC1CCN(c2ccc(F)cc2OCC(F)(F)F)CC1. The van der Waals surface area contributed by atoms with E-state index >= 15 is 0 Å². The quantitative estimate of drug-likeness (QED) is 0.861. The first kappa shape index (κ1) is 18.5. The van der Waals surface area contributed by atoms with Crippen LogP contribution in [0.4, 0.5) is 23.2 Å². The summed E-state index contributed by atoms with van der Waals surface area (Å²) >= 11 is 0. The number of nitrogens with two attached hydrogens (primary N) is 1. The van der Waals surface area contributed by atoms with Gasteiger partial charge in [-0.2, -0.15) is 13.2 Å². The Morgan fingerprint density at radius 1 is 1.23 bits per heavy atom. The van der Waals surface area contributed by atoms with Gasteiger partial charge in [-0.15, -0.1) is 0 Å². The van der Waals surface area contributed by atoms with Crippen LogP contribution in [0.3, 0.4) is 0 Å². The van der Waals surface area contributed by atoms with E-state index in [1.807, 2.05) is 4.90 Å². The Balaban J connectivity index is 0.00000242. The van der Waals surface area contributed by atoms with Gasteiger partial charge in [-0.1, -0.05) is 7.43 Å². The highest BCUT2D eigenvalue weighted by Crippen LogP contribution is 2.33. The standard InChI is InChI=1S/C14H18F4N2O.CH4/c15-11-1-2-12(13(7-11)21-9-14(16,17)18)20-5-3-10(8-19)4-6-20;/h1-2,7,10H,3-6,8-9,19H2;1H4. The van der Waals surface area contributed by atoms with Gasteiger partial charge in [-0.25, -0.2) is 4.39 Å². The Morgan fingerprint density at radius 3 is 2.41 bits per heavy atom. The van der Waals surface area contributed by atoms with Crippen molar-refractivity contribution in [2.24, 2.45) is 11.7 Å². The van der Waals surface area contributed by atoms with Gasteiger partial charge in [0.1, 0.15) is 11.6 Å². The maximum atomic E-state index is 13.3. The van der Waals surface area contributed by atoms with E-state index in [-0.39, 0.29) is 13.2 Å². The van der Waals surface area contributed by atoms with Crippen LogP contribution < -0.4 is 15.4 Å². The summed E-state index contributed by atoms with van der Waals surface area (Å²) in [6, 6.07) is 3.69. The van der Waals surface area contributed by atoms with E-state index in [1.54, 1.807) is 0 Å². The number of anilines is 1. The molecule has 0 aliphatic carbocycles. The summed E-state index contributed by atoms with van der Waals surface area (Å²) in [4.78, 5) is 1.91. The molecule has 3 nitrogen and oxygen atoms in total. The van der Waals surface area contributed by atoms with Crippen molar-refractivity contribution in [2.45, 2.75) is 26.4 Å². The minimum Gasteiger partial charge on any atom is -0.482 e. The molecule has 0 spiro atoms. The third kappa shape index (κ3) is 5.05. The fraction of sp³-hybridized carbons (Fsp3) is 0.600. The Bertz CT molecular complexity index is 471. The molecule has 0 aromatic heterocycles. The topological polar surface area (TPSA) is 38.5 Å². The van der Waals surface area contributed by atoms with E-state index in [4.69, 9.17) is 10.5 Å². The first-order valence-electron chi connectivity index (χ1n) is 6.83. The maximum absolute atomic E-state index is 13.3. The van der Waals surface area contributed by atoms with E-state index in [0.29, 0.717) is 31.2 Å². The highest BCUT2D eigenvalue weighted by atomic mass is 19.4. The van der Waals surface area contributed by atoms with Crippen molar-refractivity contribution in [2.75, 3.05) is 31.1 Å². The molecular formula is C15H22F4N2O. The minimum absolute atomic E-state index is 0. The van der Waals surface area contributed by atoms with Crippen molar-refractivity contribution in [3.05, 3.63) is 24.0 Å². The van der Waals surface area contributed by atoms with Gasteiger partial charge in [-0.05, 0) is 37.4 Å². The molecule has 0 saturated carbocycles. The lowest BCUT2D eigenvalue weighted by Gasteiger charge is -2.34. The van der Waals surface area contributed by atoms with Crippen molar-refractivity contribution in [3.63, 3.8) is 0 Å². The van der Waals surface area contributed by atoms with E-state index in [1.165, 1.54) is 12.1 Å². The fourth-order valence-electron chi connectivity index (χ4n) is 2.43. The lowest BCUT2D eigenvalue weighted by molar-refractivity contribution is -0.153. The van der Waals surface area contributed by atoms with E-state index in [9.17, 15) is 17.6 Å². The number of alkyl halides is 3. The van der Waals surface area contributed by atoms with Gasteiger partial charge in [-0.3, -0.25) is 0 Å². The first-order chi connectivity index (χ1) is 9.89. The van der Waals surface area contributed by atoms with Crippen LogP contribution in [0.25, 0.3) is 0 Å². The van der Waals surface area contributed by atoms with Crippen molar-refractivity contribution in [3.8, 4) is 5.75 Å². The number of benzene rings is 1. The molecule has 0 atom stereocenters. The van der Waals surface area contributed by atoms with Crippen LogP contribution >= 0.6 is 0 Å². The van der Waals surface area contributed by atoms with E-state index in [2.05, 4.69) is 0 Å². The van der Waals surface area contributed by atoms with Gasteiger partial charge >= 0.3 is 6.18 Å². The number of hydrogen-bond acceptors (Lipinski definition) is 3. The minimum atomic E-state index is -4.45. The average Bonchev–Trinajstić information content (AvgIpc) is 2.45. The highest BCUT2D eigenvalue weighted by molar-refractivity contribution is 5.59. The Kier molecular flexibility index (Phi) is 6.47. The molecule has 0 unspecified atom stereocenters. The van der Waals surface area contributed by atoms with Crippen LogP contribution in [0.15, 0.2) is 18.2 Å². The van der Waals surface area contributed by atoms with Gasteiger partial charge in [0, 0.05) is 19.2 Å². The number of piperidine rings is 1. The number of nitrogens with zero attached hydrogens (tertiary/aromatic N) is 1. The molecule has 1 aliphatic heterocycles. The summed E-state index contributed by atoms with van der Waals surface area (Å²) in [6.45, 7) is 0.531. The number of rotatable bonds is 4. The van der Waals surface area contributed by atoms with Crippen LogP contribution in [-0.2, 0) is 0 Å². The van der Waals surface area contributed by atoms with Crippen molar-refractivity contribution >= 4 is 5.69 Å². The molecule has 7 heteroatoms. The summed E-state index contributed by atoms with van der Waals surface area (Å²) in [5.74, 6) is -0.257. The number of ether oxygens (including phenoxy) is 1. The Labute approximate surface area is 128 Å².